The highest BCUT2D eigenvalue weighted by atomic mass is 16.5. The molecular formula is C22H27NO5. The van der Waals surface area contributed by atoms with Crippen LogP contribution in [-0.2, 0) is 15.1 Å². The predicted molar refractivity (Wildman–Crippen MR) is 104 cm³/mol. The Labute approximate surface area is 165 Å². The lowest BCUT2D eigenvalue weighted by Gasteiger charge is -2.42. The molecule has 28 heavy (non-hydrogen) atoms. The largest absolute Gasteiger partial charge is 0.480 e. The molecule has 1 aliphatic rings. The van der Waals surface area contributed by atoms with Gasteiger partial charge in [0.15, 0.2) is 0 Å². The highest BCUT2D eigenvalue weighted by Gasteiger charge is 2.40. The maximum Gasteiger partial charge on any atom is 0.329 e. The number of aromatic nitrogens is 1. The first-order valence-electron chi connectivity index (χ1n) is 9.59. The molecule has 0 aliphatic heterocycles. The maximum atomic E-state index is 11.2. The fourth-order valence-electron chi connectivity index (χ4n) is 3.68. The minimum absolute atomic E-state index is 0.0502. The lowest BCUT2D eigenvalue weighted by atomic mass is 9.66. The molecule has 0 atom stereocenters. The minimum Gasteiger partial charge on any atom is -0.480 e. The highest BCUT2D eigenvalue weighted by molar-refractivity contribution is 5.67. The van der Waals surface area contributed by atoms with Crippen LogP contribution >= 0.6 is 0 Å². The molecule has 0 saturated heterocycles. The van der Waals surface area contributed by atoms with E-state index in [1.807, 2.05) is 36.4 Å². The van der Waals surface area contributed by atoms with Crippen molar-refractivity contribution in [2.75, 3.05) is 13.2 Å². The van der Waals surface area contributed by atoms with Crippen LogP contribution in [0.4, 0.5) is 0 Å². The second-order valence-corrected chi connectivity index (χ2v) is 7.86. The summed E-state index contributed by atoms with van der Waals surface area (Å²) in [6, 6.07) is 11.3. The van der Waals surface area contributed by atoms with Crippen LogP contribution in [0.3, 0.4) is 0 Å². The summed E-state index contributed by atoms with van der Waals surface area (Å²) in [7, 11) is 0. The molecule has 150 valence electrons. The van der Waals surface area contributed by atoms with Gasteiger partial charge in [-0.3, -0.25) is 4.98 Å². The van der Waals surface area contributed by atoms with Crippen molar-refractivity contribution >= 4 is 5.97 Å². The number of hydrogen-bond acceptors (Lipinski definition) is 5. The number of aliphatic carboxylic acids is 1. The zero-order valence-electron chi connectivity index (χ0n) is 16.1. The van der Waals surface area contributed by atoms with Gasteiger partial charge in [0.1, 0.15) is 18.1 Å². The van der Waals surface area contributed by atoms with Gasteiger partial charge in [0.25, 0.3) is 0 Å². The summed E-state index contributed by atoms with van der Waals surface area (Å²) in [6.45, 7) is 2.35. The van der Waals surface area contributed by atoms with Crippen molar-refractivity contribution in [3.63, 3.8) is 0 Å². The van der Waals surface area contributed by atoms with Crippen LogP contribution in [0.15, 0.2) is 48.8 Å². The molecule has 1 aromatic heterocycles. The van der Waals surface area contributed by atoms with E-state index in [0.29, 0.717) is 30.9 Å². The van der Waals surface area contributed by atoms with Gasteiger partial charge in [0.2, 0.25) is 0 Å². The number of rotatable bonds is 8. The molecule has 0 spiro atoms. The van der Waals surface area contributed by atoms with Crippen LogP contribution in [0.25, 0.3) is 0 Å². The highest BCUT2D eigenvalue weighted by Crippen LogP contribution is 2.47. The van der Waals surface area contributed by atoms with Crippen molar-refractivity contribution in [1.29, 1.82) is 0 Å². The fraction of sp³-hybridized carbons (Fsp3) is 0.455. The van der Waals surface area contributed by atoms with Crippen molar-refractivity contribution < 1.29 is 24.5 Å². The first kappa shape index (κ1) is 20.3. The molecular weight excluding hydrogens is 358 g/mol. The lowest BCUT2D eigenvalue weighted by molar-refractivity contribution is -0.142. The van der Waals surface area contributed by atoms with Crippen LogP contribution in [0, 0.1) is 5.41 Å². The van der Waals surface area contributed by atoms with E-state index in [1.165, 1.54) is 0 Å². The monoisotopic (exact) mass is 385 g/mol. The summed E-state index contributed by atoms with van der Waals surface area (Å²) < 4.78 is 11.0. The summed E-state index contributed by atoms with van der Waals surface area (Å²) in [5.41, 5.74) is 0.0302. The Morgan fingerprint density at radius 2 is 1.89 bits per heavy atom. The number of aliphatic hydroxyl groups is 1. The predicted octanol–water partition coefficient (Wildman–Crippen LogP) is 4.13. The molecule has 2 aromatic rings. The topological polar surface area (TPSA) is 88.9 Å². The second kappa shape index (κ2) is 8.71. The lowest BCUT2D eigenvalue weighted by Crippen LogP contribution is -2.36. The van der Waals surface area contributed by atoms with Crippen LogP contribution in [0.2, 0.25) is 0 Å². The SMILES string of the molecule is CC1(CCOCC(=O)O)CCC(O)(c2cccc(Oc3cccnc3)c2)CC1. The number of hydrogen-bond donors (Lipinski definition) is 2. The minimum atomic E-state index is -0.948. The van der Waals surface area contributed by atoms with Gasteiger partial charge in [0, 0.05) is 12.8 Å². The Hall–Kier alpha value is -2.44. The number of pyridine rings is 1. The third-order valence-corrected chi connectivity index (χ3v) is 5.60. The van der Waals surface area contributed by atoms with E-state index in [9.17, 15) is 9.90 Å². The van der Waals surface area contributed by atoms with Gasteiger partial charge in [-0.1, -0.05) is 19.1 Å². The average Bonchev–Trinajstić information content (AvgIpc) is 2.69. The first-order valence-corrected chi connectivity index (χ1v) is 9.59. The van der Waals surface area contributed by atoms with Gasteiger partial charge in [0.05, 0.1) is 11.8 Å². The van der Waals surface area contributed by atoms with E-state index >= 15 is 0 Å². The summed E-state index contributed by atoms with van der Waals surface area (Å²) in [5.74, 6) is 0.384. The van der Waals surface area contributed by atoms with E-state index < -0.39 is 11.6 Å². The Kier molecular flexibility index (Phi) is 6.31. The smallest absolute Gasteiger partial charge is 0.329 e. The van der Waals surface area contributed by atoms with Crippen molar-refractivity contribution in [2.24, 2.45) is 5.41 Å². The molecule has 1 aromatic carbocycles. The normalized spacial score (nSPS) is 24.6. The van der Waals surface area contributed by atoms with Gasteiger partial charge >= 0.3 is 5.97 Å². The zero-order valence-corrected chi connectivity index (χ0v) is 16.1. The Morgan fingerprint density at radius 1 is 1.14 bits per heavy atom. The third-order valence-electron chi connectivity index (χ3n) is 5.60. The molecule has 2 N–H and O–H groups in total. The quantitative estimate of drug-likeness (QED) is 0.664. The molecule has 0 unspecified atom stereocenters. The Morgan fingerprint density at radius 3 is 2.57 bits per heavy atom. The first-order chi connectivity index (χ1) is 13.4. The van der Waals surface area contributed by atoms with E-state index in [0.717, 1.165) is 24.8 Å². The molecule has 0 bridgehead atoms. The number of carboxylic acids is 1. The molecule has 6 nitrogen and oxygen atoms in total. The maximum absolute atomic E-state index is 11.2. The number of carbonyl (C=O) groups is 1. The molecule has 1 fully saturated rings. The number of benzene rings is 1. The van der Waals surface area contributed by atoms with Crippen molar-refractivity contribution in [1.82, 2.24) is 4.98 Å². The second-order valence-electron chi connectivity index (χ2n) is 7.86. The van der Waals surface area contributed by atoms with Gasteiger partial charge < -0.3 is 19.7 Å². The van der Waals surface area contributed by atoms with E-state index in [4.69, 9.17) is 14.6 Å². The molecule has 6 heteroatoms. The van der Waals surface area contributed by atoms with Gasteiger partial charge in [-0.25, -0.2) is 4.79 Å². The average molecular weight is 385 g/mol. The summed E-state index contributed by atoms with van der Waals surface area (Å²) >= 11 is 0. The molecule has 1 heterocycles. The molecule has 0 amide bonds. The van der Waals surface area contributed by atoms with Crippen LogP contribution in [-0.4, -0.2) is 34.4 Å². The summed E-state index contributed by atoms with van der Waals surface area (Å²) in [4.78, 5) is 14.6. The van der Waals surface area contributed by atoms with Gasteiger partial charge in [-0.05, 0) is 67.3 Å². The van der Waals surface area contributed by atoms with Crippen LogP contribution < -0.4 is 4.74 Å². The zero-order chi connectivity index (χ0) is 20.0. The third kappa shape index (κ3) is 5.30. The molecule has 1 aliphatic carbocycles. The van der Waals surface area contributed by atoms with Gasteiger partial charge in [-0.15, -0.1) is 0 Å². The van der Waals surface area contributed by atoms with Crippen molar-refractivity contribution in [3.8, 4) is 11.5 Å². The van der Waals surface area contributed by atoms with Crippen LogP contribution in [0.1, 0.15) is 44.6 Å². The summed E-state index contributed by atoms with van der Waals surface area (Å²) in [6.07, 6.45) is 7.15. The van der Waals surface area contributed by atoms with E-state index in [2.05, 4.69) is 11.9 Å². The molecule has 1 saturated carbocycles. The number of ether oxygens (including phenoxy) is 2. The van der Waals surface area contributed by atoms with Crippen molar-refractivity contribution in [2.45, 2.75) is 44.6 Å². The number of carboxylic acid groups (broad SMARTS) is 1. The van der Waals surface area contributed by atoms with Gasteiger partial charge in [-0.2, -0.15) is 0 Å². The molecule has 0 radical (unpaired) electrons. The van der Waals surface area contributed by atoms with E-state index in [-0.39, 0.29) is 12.0 Å². The van der Waals surface area contributed by atoms with E-state index in [1.54, 1.807) is 12.4 Å². The number of nitrogens with zero attached hydrogens (tertiary/aromatic N) is 1. The molecule has 3 rings (SSSR count). The van der Waals surface area contributed by atoms with Crippen molar-refractivity contribution in [3.05, 3.63) is 54.4 Å². The standard InChI is InChI=1S/C22H27NO5/c1-21(11-13-27-16-20(24)25)7-9-22(26,10-8-21)17-4-2-5-18(14-17)28-19-6-3-12-23-15-19/h2-6,12,14-15,26H,7-11,13,16H2,1H3,(H,24,25). The Bertz CT molecular complexity index is 785. The summed E-state index contributed by atoms with van der Waals surface area (Å²) in [5, 5.41) is 19.9. The fourth-order valence-corrected chi connectivity index (χ4v) is 3.68. The Balaban J connectivity index is 1.60. The van der Waals surface area contributed by atoms with Crippen LogP contribution in [0.5, 0.6) is 11.5 Å².